The van der Waals surface area contributed by atoms with Gasteiger partial charge in [-0.25, -0.2) is 4.98 Å². The molecule has 1 amide bonds. The summed E-state index contributed by atoms with van der Waals surface area (Å²) in [5, 5.41) is 3.57. The molecule has 0 spiro atoms. The van der Waals surface area contributed by atoms with Crippen LogP contribution in [0, 0.1) is 0 Å². The molecule has 3 nitrogen and oxygen atoms in total. The van der Waals surface area contributed by atoms with Gasteiger partial charge in [0.1, 0.15) is 5.69 Å². The number of nitrogens with zero attached hydrogens (tertiary/aromatic N) is 1. The fourth-order valence-electron chi connectivity index (χ4n) is 2.34. The fourth-order valence-corrected chi connectivity index (χ4v) is 2.78. The standard InChI is InChI=1S/C13H16Cl2N2O/c14-9-13(6-2-1-3-7-13)17-12(18)11-5-4-10(15)8-16-11/h4-5,8H,1-3,6-7,9H2,(H,17,18). The summed E-state index contributed by atoms with van der Waals surface area (Å²) in [4.78, 5) is 16.1. The molecule has 1 heterocycles. The second-order valence-electron chi connectivity index (χ2n) is 4.79. The zero-order chi connectivity index (χ0) is 13.0. The van der Waals surface area contributed by atoms with Crippen molar-refractivity contribution in [1.29, 1.82) is 0 Å². The number of amides is 1. The summed E-state index contributed by atoms with van der Waals surface area (Å²) in [6.07, 6.45) is 6.80. The van der Waals surface area contributed by atoms with E-state index in [1.807, 2.05) is 0 Å². The Kier molecular flexibility index (Phi) is 4.46. The Morgan fingerprint density at radius 3 is 2.61 bits per heavy atom. The molecular formula is C13H16Cl2N2O. The monoisotopic (exact) mass is 286 g/mol. The van der Waals surface area contributed by atoms with Gasteiger partial charge in [-0.1, -0.05) is 30.9 Å². The van der Waals surface area contributed by atoms with E-state index in [-0.39, 0.29) is 11.4 Å². The number of alkyl halides is 1. The molecule has 1 aromatic rings. The normalized spacial score (nSPS) is 18.3. The number of aromatic nitrogens is 1. The minimum absolute atomic E-state index is 0.172. The van der Waals surface area contributed by atoms with Crippen LogP contribution in [0.5, 0.6) is 0 Å². The third kappa shape index (κ3) is 3.15. The number of nitrogens with one attached hydrogen (secondary N) is 1. The van der Waals surface area contributed by atoms with Crippen molar-refractivity contribution in [3.63, 3.8) is 0 Å². The molecule has 1 aliphatic carbocycles. The number of hydrogen-bond donors (Lipinski definition) is 1. The summed E-state index contributed by atoms with van der Waals surface area (Å²) in [6, 6.07) is 3.29. The molecule has 0 saturated heterocycles. The first-order valence-electron chi connectivity index (χ1n) is 6.15. The number of pyridine rings is 1. The molecule has 1 fully saturated rings. The molecular weight excluding hydrogens is 271 g/mol. The number of carbonyl (C=O) groups is 1. The summed E-state index contributed by atoms with van der Waals surface area (Å²) < 4.78 is 0. The molecule has 0 bridgehead atoms. The Morgan fingerprint density at radius 2 is 2.06 bits per heavy atom. The van der Waals surface area contributed by atoms with Gasteiger partial charge >= 0.3 is 0 Å². The van der Waals surface area contributed by atoms with E-state index in [0.717, 1.165) is 25.7 Å². The van der Waals surface area contributed by atoms with Crippen LogP contribution in [0.2, 0.25) is 5.02 Å². The van der Waals surface area contributed by atoms with Crippen LogP contribution in [0.25, 0.3) is 0 Å². The lowest BCUT2D eigenvalue weighted by Crippen LogP contribution is -2.51. The van der Waals surface area contributed by atoms with Crippen molar-refractivity contribution < 1.29 is 4.79 Å². The average molecular weight is 287 g/mol. The Morgan fingerprint density at radius 1 is 1.33 bits per heavy atom. The van der Waals surface area contributed by atoms with Crippen molar-refractivity contribution in [1.82, 2.24) is 10.3 Å². The highest BCUT2D eigenvalue weighted by Gasteiger charge is 2.33. The van der Waals surface area contributed by atoms with Gasteiger partial charge in [0.05, 0.1) is 10.6 Å². The molecule has 1 saturated carbocycles. The SMILES string of the molecule is O=C(NC1(CCl)CCCCC1)c1ccc(Cl)cn1. The molecule has 98 valence electrons. The van der Waals surface area contributed by atoms with Crippen LogP contribution >= 0.6 is 23.2 Å². The predicted octanol–water partition coefficient (Wildman–Crippen LogP) is 3.41. The van der Waals surface area contributed by atoms with E-state index in [0.29, 0.717) is 16.6 Å². The highest BCUT2D eigenvalue weighted by atomic mass is 35.5. The second-order valence-corrected chi connectivity index (χ2v) is 5.49. The first-order chi connectivity index (χ1) is 8.65. The van der Waals surface area contributed by atoms with E-state index < -0.39 is 0 Å². The number of rotatable bonds is 3. The summed E-state index contributed by atoms with van der Waals surface area (Å²) in [5.74, 6) is 0.279. The van der Waals surface area contributed by atoms with Crippen molar-refractivity contribution in [2.24, 2.45) is 0 Å². The summed E-state index contributed by atoms with van der Waals surface area (Å²) in [5.41, 5.74) is 0.118. The van der Waals surface area contributed by atoms with Crippen LogP contribution in [0.1, 0.15) is 42.6 Å². The smallest absolute Gasteiger partial charge is 0.270 e. The van der Waals surface area contributed by atoms with E-state index in [4.69, 9.17) is 23.2 Å². The van der Waals surface area contributed by atoms with E-state index in [9.17, 15) is 4.79 Å². The molecule has 0 aliphatic heterocycles. The van der Waals surface area contributed by atoms with E-state index in [1.165, 1.54) is 12.6 Å². The highest BCUT2D eigenvalue weighted by Crippen LogP contribution is 2.29. The molecule has 2 rings (SSSR count). The largest absolute Gasteiger partial charge is 0.344 e. The Balaban J connectivity index is 2.07. The first kappa shape index (κ1) is 13.6. The lowest BCUT2D eigenvalue weighted by molar-refractivity contribution is 0.0879. The minimum Gasteiger partial charge on any atom is -0.344 e. The van der Waals surface area contributed by atoms with Crippen molar-refractivity contribution in [2.75, 3.05) is 5.88 Å². The number of carbonyl (C=O) groups excluding carboxylic acids is 1. The maximum absolute atomic E-state index is 12.1. The zero-order valence-electron chi connectivity index (χ0n) is 10.1. The molecule has 0 aromatic carbocycles. The Hall–Kier alpha value is -0.800. The van der Waals surface area contributed by atoms with Gasteiger partial charge in [0.2, 0.25) is 0 Å². The topological polar surface area (TPSA) is 42.0 Å². The van der Waals surface area contributed by atoms with Gasteiger partial charge in [0.15, 0.2) is 0 Å². The Labute approximate surface area is 117 Å². The van der Waals surface area contributed by atoms with Crippen molar-refractivity contribution in [3.05, 3.63) is 29.0 Å². The van der Waals surface area contributed by atoms with Gasteiger partial charge in [0, 0.05) is 12.1 Å². The predicted molar refractivity (Wildman–Crippen MR) is 73.2 cm³/mol. The maximum Gasteiger partial charge on any atom is 0.270 e. The van der Waals surface area contributed by atoms with Gasteiger partial charge in [-0.2, -0.15) is 0 Å². The van der Waals surface area contributed by atoms with Crippen LogP contribution in [-0.4, -0.2) is 22.3 Å². The van der Waals surface area contributed by atoms with Crippen LogP contribution in [0.3, 0.4) is 0 Å². The molecule has 1 N–H and O–H groups in total. The van der Waals surface area contributed by atoms with Crippen LogP contribution in [0.4, 0.5) is 0 Å². The second kappa shape index (κ2) is 5.89. The quantitative estimate of drug-likeness (QED) is 0.866. The average Bonchev–Trinajstić information content (AvgIpc) is 2.40. The third-order valence-electron chi connectivity index (χ3n) is 3.41. The van der Waals surface area contributed by atoms with Crippen molar-refractivity contribution in [2.45, 2.75) is 37.6 Å². The number of halogens is 2. The van der Waals surface area contributed by atoms with Gasteiger partial charge in [-0.15, -0.1) is 11.6 Å². The van der Waals surface area contributed by atoms with Crippen LogP contribution < -0.4 is 5.32 Å². The minimum atomic E-state index is -0.266. The molecule has 1 aromatic heterocycles. The van der Waals surface area contributed by atoms with Gasteiger partial charge in [-0.3, -0.25) is 4.79 Å². The van der Waals surface area contributed by atoms with Crippen molar-refractivity contribution in [3.8, 4) is 0 Å². The molecule has 18 heavy (non-hydrogen) atoms. The van der Waals surface area contributed by atoms with Crippen LogP contribution in [-0.2, 0) is 0 Å². The molecule has 0 atom stereocenters. The zero-order valence-corrected chi connectivity index (χ0v) is 11.6. The molecule has 0 radical (unpaired) electrons. The summed E-state index contributed by atoms with van der Waals surface area (Å²) in [7, 11) is 0. The van der Waals surface area contributed by atoms with Crippen molar-refractivity contribution >= 4 is 29.1 Å². The highest BCUT2D eigenvalue weighted by molar-refractivity contribution is 6.30. The molecule has 0 unspecified atom stereocenters. The number of hydrogen-bond acceptors (Lipinski definition) is 2. The Bertz CT molecular complexity index is 414. The first-order valence-corrected chi connectivity index (χ1v) is 7.06. The van der Waals surface area contributed by atoms with Gasteiger partial charge < -0.3 is 5.32 Å². The lowest BCUT2D eigenvalue weighted by Gasteiger charge is -2.36. The summed E-state index contributed by atoms with van der Waals surface area (Å²) >= 11 is 11.8. The van der Waals surface area contributed by atoms with Gasteiger partial charge in [0.25, 0.3) is 5.91 Å². The maximum atomic E-state index is 12.1. The van der Waals surface area contributed by atoms with Crippen LogP contribution in [0.15, 0.2) is 18.3 Å². The fraction of sp³-hybridized carbons (Fsp3) is 0.538. The van der Waals surface area contributed by atoms with E-state index in [1.54, 1.807) is 12.1 Å². The van der Waals surface area contributed by atoms with Gasteiger partial charge in [-0.05, 0) is 25.0 Å². The molecule has 1 aliphatic rings. The molecule has 5 heteroatoms. The summed E-state index contributed by atoms with van der Waals surface area (Å²) in [6.45, 7) is 0. The van der Waals surface area contributed by atoms with E-state index in [2.05, 4.69) is 10.3 Å². The van der Waals surface area contributed by atoms with E-state index >= 15 is 0 Å². The third-order valence-corrected chi connectivity index (χ3v) is 4.14. The lowest BCUT2D eigenvalue weighted by atomic mass is 9.83.